The summed E-state index contributed by atoms with van der Waals surface area (Å²) in [5.41, 5.74) is 15.8. The van der Waals surface area contributed by atoms with Crippen LogP contribution in [0.3, 0.4) is 0 Å². The molecule has 256 valence electrons. The number of nitrogens with two attached hydrogens (primary N) is 2. The van der Waals surface area contributed by atoms with Gasteiger partial charge in [0.25, 0.3) is 0 Å². The molecular formula is C38H49N5O5. The number of nitrogens with one attached hydrogen (secondary N) is 1. The van der Waals surface area contributed by atoms with Crippen molar-refractivity contribution < 1.29 is 23.9 Å². The van der Waals surface area contributed by atoms with Crippen LogP contribution in [0.1, 0.15) is 72.8 Å². The SMILES string of the molecule is Cc1cc(C(N)=O)cc(C)c1C[C@H](NC(=O)OC(C)(C)C)C(=O)N(C(C)C)[C@H](/C=N/C(=C\N)c1ccccc1)COCc1ccccc1. The molecule has 10 heteroatoms. The van der Waals surface area contributed by atoms with Gasteiger partial charge in [-0.2, -0.15) is 0 Å². The number of rotatable bonds is 14. The van der Waals surface area contributed by atoms with Gasteiger partial charge in [0, 0.05) is 36.0 Å². The second-order valence-electron chi connectivity index (χ2n) is 13.0. The standard InChI is InChI=1S/C38H49N5O5/c1-25(2)43(31(24-47-23-28-14-10-8-11-15-28)22-41-34(21-39)29-16-12-9-13-17-29)36(45)33(42-37(46)48-38(5,6)7)20-32-26(3)18-30(35(40)44)19-27(32)4/h8-19,21-22,25,31,33H,20,23-24,39H2,1-7H3,(H2,40,44)(H,42,46)/b34-21-,41-22+/t31-,33+/m1/s1. The van der Waals surface area contributed by atoms with Crippen LogP contribution in [0.2, 0.25) is 0 Å². The molecule has 3 aromatic rings. The number of primary amides is 1. The summed E-state index contributed by atoms with van der Waals surface area (Å²) >= 11 is 0. The zero-order valence-electron chi connectivity index (χ0n) is 29.0. The second-order valence-corrected chi connectivity index (χ2v) is 13.0. The van der Waals surface area contributed by atoms with Crippen molar-refractivity contribution in [3.05, 3.63) is 112 Å². The minimum atomic E-state index is -1.03. The first-order valence-corrected chi connectivity index (χ1v) is 16.0. The lowest BCUT2D eigenvalue weighted by Crippen LogP contribution is -2.57. The van der Waals surface area contributed by atoms with Gasteiger partial charge < -0.3 is 31.2 Å². The molecule has 0 saturated heterocycles. The molecule has 0 aliphatic rings. The average Bonchev–Trinajstić information content (AvgIpc) is 3.02. The molecule has 48 heavy (non-hydrogen) atoms. The van der Waals surface area contributed by atoms with Crippen LogP contribution in [0.25, 0.3) is 5.70 Å². The van der Waals surface area contributed by atoms with E-state index in [1.54, 1.807) is 44.0 Å². The summed E-state index contributed by atoms with van der Waals surface area (Å²) in [5.74, 6) is -0.899. The van der Waals surface area contributed by atoms with Gasteiger partial charge in [-0.25, -0.2) is 4.79 Å². The zero-order chi connectivity index (χ0) is 35.4. The van der Waals surface area contributed by atoms with E-state index in [0.29, 0.717) is 17.9 Å². The van der Waals surface area contributed by atoms with E-state index in [2.05, 4.69) is 5.32 Å². The lowest BCUT2D eigenvalue weighted by molar-refractivity contribution is -0.137. The monoisotopic (exact) mass is 655 g/mol. The Bertz CT molecular complexity index is 1570. The molecule has 0 saturated carbocycles. The molecule has 10 nitrogen and oxygen atoms in total. The third kappa shape index (κ3) is 11.1. The summed E-state index contributed by atoms with van der Waals surface area (Å²) in [6, 6.07) is 20.6. The van der Waals surface area contributed by atoms with E-state index in [1.165, 1.54) is 6.20 Å². The number of aliphatic imine (C=N–C) groups is 1. The number of carbonyl (C=O) groups is 3. The minimum absolute atomic E-state index is 0.124. The summed E-state index contributed by atoms with van der Waals surface area (Å²) in [5, 5.41) is 2.83. The van der Waals surface area contributed by atoms with Gasteiger partial charge in [-0.15, -0.1) is 0 Å². The third-order valence-corrected chi connectivity index (χ3v) is 7.56. The van der Waals surface area contributed by atoms with E-state index in [0.717, 1.165) is 27.8 Å². The van der Waals surface area contributed by atoms with Gasteiger partial charge in [-0.1, -0.05) is 60.7 Å². The highest BCUT2D eigenvalue weighted by atomic mass is 16.6. The number of ether oxygens (including phenoxy) is 2. The van der Waals surface area contributed by atoms with Crippen LogP contribution in [0.15, 0.2) is 84.0 Å². The highest BCUT2D eigenvalue weighted by Gasteiger charge is 2.34. The van der Waals surface area contributed by atoms with Crippen LogP contribution < -0.4 is 16.8 Å². The van der Waals surface area contributed by atoms with Gasteiger partial charge in [0.05, 0.1) is 25.0 Å². The molecule has 5 N–H and O–H groups in total. The van der Waals surface area contributed by atoms with Crippen LogP contribution in [0.4, 0.5) is 4.79 Å². The van der Waals surface area contributed by atoms with Gasteiger partial charge in [0.2, 0.25) is 11.8 Å². The lowest BCUT2D eigenvalue weighted by Gasteiger charge is -2.36. The maximum Gasteiger partial charge on any atom is 0.408 e. The maximum absolute atomic E-state index is 14.7. The van der Waals surface area contributed by atoms with Gasteiger partial charge in [0.1, 0.15) is 11.6 Å². The highest BCUT2D eigenvalue weighted by molar-refractivity contribution is 5.93. The Morgan fingerprint density at radius 2 is 1.52 bits per heavy atom. The number of aryl methyl sites for hydroxylation is 2. The Morgan fingerprint density at radius 1 is 0.938 bits per heavy atom. The predicted octanol–water partition coefficient (Wildman–Crippen LogP) is 5.69. The van der Waals surface area contributed by atoms with Crippen molar-refractivity contribution >= 4 is 29.8 Å². The third-order valence-electron chi connectivity index (χ3n) is 7.56. The van der Waals surface area contributed by atoms with Crippen LogP contribution in [0.5, 0.6) is 0 Å². The molecule has 0 radical (unpaired) electrons. The van der Waals surface area contributed by atoms with Crippen LogP contribution >= 0.6 is 0 Å². The Labute approximate surface area is 284 Å². The first-order valence-electron chi connectivity index (χ1n) is 16.0. The van der Waals surface area contributed by atoms with Crippen molar-refractivity contribution in [3.8, 4) is 0 Å². The Kier molecular flexibility index (Phi) is 13.5. The van der Waals surface area contributed by atoms with Crippen LogP contribution in [-0.2, 0) is 27.3 Å². The molecule has 3 rings (SSSR count). The summed E-state index contributed by atoms with van der Waals surface area (Å²) in [6.07, 6.45) is 2.50. The van der Waals surface area contributed by atoms with Crippen LogP contribution in [0, 0.1) is 13.8 Å². The Hall–Kier alpha value is -4.96. The van der Waals surface area contributed by atoms with Gasteiger partial charge in [-0.3, -0.25) is 14.6 Å². The van der Waals surface area contributed by atoms with Crippen molar-refractivity contribution in [1.82, 2.24) is 10.2 Å². The Balaban J connectivity index is 2.04. The normalized spacial score (nSPS) is 13.3. The maximum atomic E-state index is 14.7. The van der Waals surface area contributed by atoms with Crippen LogP contribution in [-0.4, -0.2) is 59.4 Å². The molecule has 2 atom stereocenters. The number of hydrogen-bond donors (Lipinski definition) is 3. The zero-order valence-corrected chi connectivity index (χ0v) is 29.0. The Morgan fingerprint density at radius 3 is 2.04 bits per heavy atom. The number of carbonyl (C=O) groups excluding carboxylic acids is 3. The second kappa shape index (κ2) is 17.3. The lowest BCUT2D eigenvalue weighted by atomic mass is 9.93. The molecule has 0 aliphatic carbocycles. The van der Waals surface area contributed by atoms with E-state index < -0.39 is 29.7 Å². The minimum Gasteiger partial charge on any atom is -0.444 e. The van der Waals surface area contributed by atoms with Crippen molar-refractivity contribution in [2.75, 3.05) is 6.61 Å². The molecule has 3 aromatic carbocycles. The smallest absolute Gasteiger partial charge is 0.408 e. The predicted molar refractivity (Wildman–Crippen MR) is 190 cm³/mol. The fraction of sp³-hybridized carbons (Fsp3) is 0.368. The van der Waals surface area contributed by atoms with E-state index in [1.807, 2.05) is 88.4 Å². The van der Waals surface area contributed by atoms with E-state index >= 15 is 0 Å². The van der Waals surface area contributed by atoms with Gasteiger partial charge in [0.15, 0.2) is 0 Å². The summed E-state index contributed by atoms with van der Waals surface area (Å²) < 4.78 is 11.7. The van der Waals surface area contributed by atoms with Gasteiger partial charge >= 0.3 is 6.09 Å². The van der Waals surface area contributed by atoms with Crippen molar-refractivity contribution in [2.24, 2.45) is 16.5 Å². The number of amides is 3. The topological polar surface area (TPSA) is 149 Å². The summed E-state index contributed by atoms with van der Waals surface area (Å²) in [4.78, 5) is 46.1. The number of benzene rings is 3. The summed E-state index contributed by atoms with van der Waals surface area (Å²) in [6.45, 7) is 13.2. The van der Waals surface area contributed by atoms with E-state index in [9.17, 15) is 14.4 Å². The molecule has 0 bridgehead atoms. The molecular weight excluding hydrogens is 606 g/mol. The average molecular weight is 656 g/mol. The van der Waals surface area contributed by atoms with E-state index in [4.69, 9.17) is 25.9 Å². The number of nitrogens with zero attached hydrogens (tertiary/aromatic N) is 2. The molecule has 0 unspecified atom stereocenters. The number of hydrogen-bond acceptors (Lipinski definition) is 7. The number of alkyl carbamates (subject to hydrolysis) is 1. The molecule has 3 amide bonds. The van der Waals surface area contributed by atoms with E-state index in [-0.39, 0.29) is 25.0 Å². The first kappa shape index (κ1) is 37.5. The fourth-order valence-corrected chi connectivity index (χ4v) is 5.35. The molecule has 0 heterocycles. The molecule has 0 fully saturated rings. The van der Waals surface area contributed by atoms with Crippen molar-refractivity contribution in [3.63, 3.8) is 0 Å². The largest absolute Gasteiger partial charge is 0.444 e. The molecule has 0 spiro atoms. The first-order chi connectivity index (χ1) is 22.7. The highest BCUT2D eigenvalue weighted by Crippen LogP contribution is 2.22. The summed E-state index contributed by atoms with van der Waals surface area (Å²) in [7, 11) is 0. The molecule has 0 aliphatic heterocycles. The van der Waals surface area contributed by atoms with Crippen molar-refractivity contribution in [2.45, 2.75) is 85.2 Å². The molecule has 0 aromatic heterocycles. The van der Waals surface area contributed by atoms with Gasteiger partial charge in [-0.05, 0) is 82.9 Å². The fourth-order valence-electron chi connectivity index (χ4n) is 5.35. The van der Waals surface area contributed by atoms with Crippen molar-refractivity contribution in [1.29, 1.82) is 0 Å². The quantitative estimate of drug-likeness (QED) is 0.190.